The first kappa shape index (κ1) is 24.2. The normalized spacial score (nSPS) is 26.9. The van der Waals surface area contributed by atoms with Crippen LogP contribution in [0.4, 0.5) is 4.79 Å². The molecule has 4 rings (SSSR count). The van der Waals surface area contributed by atoms with Gasteiger partial charge in [0.1, 0.15) is 11.6 Å². The van der Waals surface area contributed by atoms with Crippen molar-refractivity contribution in [3.05, 3.63) is 34.9 Å². The van der Waals surface area contributed by atoms with Gasteiger partial charge in [0.15, 0.2) is 0 Å². The van der Waals surface area contributed by atoms with E-state index in [1.165, 1.54) is 4.90 Å². The summed E-state index contributed by atoms with van der Waals surface area (Å²) < 4.78 is 5.55. The molecule has 0 aromatic heterocycles. The average Bonchev–Trinajstić information content (AvgIpc) is 3.01. The monoisotopic (exact) mass is 471 g/mol. The SMILES string of the molecule is CC(C)(C)OC(=O)N1CCC(O)(c2ccc3c(c2)CN(C2CCC(=O)NC2=O)C3=O)CC1(C)C. The Morgan fingerprint density at radius 2 is 1.91 bits per heavy atom. The summed E-state index contributed by atoms with van der Waals surface area (Å²) in [6, 6.07) is 4.60. The number of hydrogen-bond acceptors (Lipinski definition) is 6. The van der Waals surface area contributed by atoms with Crippen molar-refractivity contribution in [1.82, 2.24) is 15.1 Å². The van der Waals surface area contributed by atoms with Gasteiger partial charge in [0.05, 0.1) is 5.60 Å². The van der Waals surface area contributed by atoms with E-state index in [0.717, 1.165) is 5.56 Å². The zero-order valence-electron chi connectivity index (χ0n) is 20.4. The number of amides is 4. The van der Waals surface area contributed by atoms with Crippen LogP contribution in [0.25, 0.3) is 0 Å². The highest BCUT2D eigenvalue weighted by Crippen LogP contribution is 2.42. The molecule has 2 fully saturated rings. The van der Waals surface area contributed by atoms with Crippen LogP contribution in [-0.4, -0.2) is 62.4 Å². The van der Waals surface area contributed by atoms with Crippen LogP contribution in [0.3, 0.4) is 0 Å². The van der Waals surface area contributed by atoms with Crippen molar-refractivity contribution in [2.24, 2.45) is 0 Å². The molecule has 2 saturated heterocycles. The van der Waals surface area contributed by atoms with E-state index in [9.17, 15) is 24.3 Å². The molecule has 1 aromatic carbocycles. The number of likely N-dealkylation sites (tertiary alicyclic amines) is 1. The molecule has 9 heteroatoms. The molecular weight excluding hydrogens is 438 g/mol. The number of carbonyl (C=O) groups is 4. The molecular formula is C25H33N3O6. The van der Waals surface area contributed by atoms with E-state index in [1.807, 2.05) is 40.7 Å². The van der Waals surface area contributed by atoms with Crippen LogP contribution in [0.1, 0.15) is 81.8 Å². The third-order valence-corrected chi connectivity index (χ3v) is 6.88. The van der Waals surface area contributed by atoms with Gasteiger partial charge in [0.2, 0.25) is 11.8 Å². The molecule has 184 valence electrons. The molecule has 2 N–H and O–H groups in total. The van der Waals surface area contributed by atoms with Crippen LogP contribution < -0.4 is 5.32 Å². The minimum Gasteiger partial charge on any atom is -0.444 e. The topological polar surface area (TPSA) is 116 Å². The van der Waals surface area contributed by atoms with Crippen molar-refractivity contribution in [3.63, 3.8) is 0 Å². The summed E-state index contributed by atoms with van der Waals surface area (Å²) >= 11 is 0. The van der Waals surface area contributed by atoms with Crippen molar-refractivity contribution >= 4 is 23.8 Å². The largest absolute Gasteiger partial charge is 0.444 e. The number of nitrogens with zero attached hydrogens (tertiary/aromatic N) is 2. The molecule has 2 atom stereocenters. The summed E-state index contributed by atoms with van der Waals surface area (Å²) in [4.78, 5) is 52.6. The number of fused-ring (bicyclic) bond motifs is 1. The Hall–Kier alpha value is -2.94. The van der Waals surface area contributed by atoms with Crippen molar-refractivity contribution in [2.45, 2.75) is 89.6 Å². The predicted octanol–water partition coefficient (Wildman–Crippen LogP) is 2.44. The Labute approximate surface area is 199 Å². The van der Waals surface area contributed by atoms with E-state index in [-0.39, 0.29) is 24.8 Å². The molecule has 0 saturated carbocycles. The summed E-state index contributed by atoms with van der Waals surface area (Å²) in [6.45, 7) is 9.85. The van der Waals surface area contributed by atoms with Gasteiger partial charge in [-0.25, -0.2) is 4.79 Å². The van der Waals surface area contributed by atoms with Crippen molar-refractivity contribution in [2.75, 3.05) is 6.54 Å². The summed E-state index contributed by atoms with van der Waals surface area (Å²) in [5, 5.41) is 13.9. The highest BCUT2D eigenvalue weighted by atomic mass is 16.6. The van der Waals surface area contributed by atoms with Crippen LogP contribution in [0.5, 0.6) is 0 Å². The Morgan fingerprint density at radius 3 is 2.53 bits per heavy atom. The van der Waals surface area contributed by atoms with Gasteiger partial charge < -0.3 is 19.6 Å². The molecule has 0 spiro atoms. The third-order valence-electron chi connectivity index (χ3n) is 6.88. The summed E-state index contributed by atoms with van der Waals surface area (Å²) in [5.74, 6) is -1.02. The molecule has 3 aliphatic rings. The van der Waals surface area contributed by atoms with Crippen molar-refractivity contribution in [3.8, 4) is 0 Å². The lowest BCUT2D eigenvalue weighted by Crippen LogP contribution is -2.58. The first-order valence-corrected chi connectivity index (χ1v) is 11.7. The predicted molar refractivity (Wildman–Crippen MR) is 123 cm³/mol. The first-order valence-electron chi connectivity index (χ1n) is 11.7. The average molecular weight is 472 g/mol. The van der Waals surface area contributed by atoms with Gasteiger partial charge in [-0.15, -0.1) is 0 Å². The van der Waals surface area contributed by atoms with Crippen molar-refractivity contribution in [1.29, 1.82) is 0 Å². The van der Waals surface area contributed by atoms with Crippen LogP contribution in [-0.2, 0) is 26.5 Å². The first-order chi connectivity index (χ1) is 15.7. The van der Waals surface area contributed by atoms with E-state index >= 15 is 0 Å². The van der Waals surface area contributed by atoms with Gasteiger partial charge in [-0.05, 0) is 64.7 Å². The summed E-state index contributed by atoms with van der Waals surface area (Å²) in [5.41, 5.74) is -0.510. The van der Waals surface area contributed by atoms with Crippen LogP contribution in [0.2, 0.25) is 0 Å². The fraction of sp³-hybridized carbons (Fsp3) is 0.600. The standard InChI is InChI=1S/C25H33N3O6/c1-23(2,3)34-22(32)28-11-10-25(33,14-24(28,4)5)16-6-7-17-15(12-16)13-27(21(17)31)18-8-9-19(29)26-20(18)30/h6-7,12,18,33H,8-11,13-14H2,1-5H3,(H,26,29,30). The highest BCUT2D eigenvalue weighted by molar-refractivity contribution is 6.05. The van der Waals surface area contributed by atoms with Crippen LogP contribution in [0, 0.1) is 0 Å². The van der Waals surface area contributed by atoms with Gasteiger partial charge in [0, 0.05) is 37.0 Å². The Balaban J connectivity index is 1.53. The Kier molecular flexibility index (Phi) is 5.75. The van der Waals surface area contributed by atoms with Gasteiger partial charge in [-0.2, -0.15) is 0 Å². The highest BCUT2D eigenvalue weighted by Gasteiger charge is 2.47. The summed E-state index contributed by atoms with van der Waals surface area (Å²) in [7, 11) is 0. The number of piperidine rings is 2. The van der Waals surface area contributed by atoms with Gasteiger partial charge in [-0.1, -0.05) is 12.1 Å². The molecule has 34 heavy (non-hydrogen) atoms. The second-order valence-corrected chi connectivity index (χ2v) is 11.2. The maximum Gasteiger partial charge on any atom is 0.410 e. The lowest BCUT2D eigenvalue weighted by Gasteiger charge is -2.49. The third kappa shape index (κ3) is 4.41. The van der Waals surface area contributed by atoms with E-state index in [0.29, 0.717) is 36.9 Å². The fourth-order valence-electron chi connectivity index (χ4n) is 5.26. The number of nitrogens with one attached hydrogen (secondary N) is 1. The zero-order chi connectivity index (χ0) is 25.1. The van der Waals surface area contributed by atoms with Gasteiger partial charge in [-0.3, -0.25) is 19.7 Å². The Bertz CT molecular complexity index is 1060. The molecule has 4 amide bonds. The molecule has 0 bridgehead atoms. The van der Waals surface area contributed by atoms with E-state index < -0.39 is 34.8 Å². The molecule has 0 radical (unpaired) electrons. The van der Waals surface area contributed by atoms with E-state index in [1.54, 1.807) is 17.0 Å². The van der Waals surface area contributed by atoms with E-state index in [2.05, 4.69) is 5.32 Å². The maximum absolute atomic E-state index is 13.0. The van der Waals surface area contributed by atoms with Gasteiger partial charge >= 0.3 is 6.09 Å². The maximum atomic E-state index is 13.0. The van der Waals surface area contributed by atoms with Crippen molar-refractivity contribution < 1.29 is 29.0 Å². The lowest BCUT2D eigenvalue weighted by molar-refractivity contribution is -0.136. The summed E-state index contributed by atoms with van der Waals surface area (Å²) in [6.07, 6.45) is 0.738. The number of hydrogen-bond donors (Lipinski definition) is 2. The molecule has 2 unspecified atom stereocenters. The minimum atomic E-state index is -1.18. The molecule has 0 aliphatic carbocycles. The van der Waals surface area contributed by atoms with Crippen LogP contribution >= 0.6 is 0 Å². The zero-order valence-corrected chi connectivity index (χ0v) is 20.4. The number of benzene rings is 1. The molecule has 3 aliphatic heterocycles. The fourth-order valence-corrected chi connectivity index (χ4v) is 5.26. The second kappa shape index (κ2) is 8.08. The number of ether oxygens (including phenoxy) is 1. The number of carbonyl (C=O) groups excluding carboxylic acids is 4. The van der Waals surface area contributed by atoms with E-state index in [4.69, 9.17) is 4.74 Å². The number of aliphatic hydroxyl groups is 1. The smallest absolute Gasteiger partial charge is 0.410 e. The quantitative estimate of drug-likeness (QED) is 0.640. The number of rotatable bonds is 2. The van der Waals surface area contributed by atoms with Crippen LogP contribution in [0.15, 0.2) is 18.2 Å². The Morgan fingerprint density at radius 1 is 1.21 bits per heavy atom. The molecule has 3 heterocycles. The molecule has 1 aromatic rings. The molecule has 9 nitrogen and oxygen atoms in total. The number of imide groups is 1. The second-order valence-electron chi connectivity index (χ2n) is 11.2. The lowest BCUT2D eigenvalue weighted by atomic mass is 9.75. The van der Waals surface area contributed by atoms with Gasteiger partial charge in [0.25, 0.3) is 5.91 Å². The minimum absolute atomic E-state index is 0.199.